The summed E-state index contributed by atoms with van der Waals surface area (Å²) in [4.78, 5) is 54.8. The molecular formula is C35H30BrN3O7S. The molecule has 0 aliphatic carbocycles. The SMILES string of the molecule is COc1ccc(/C=C(/NC(=O)c2ccccc2)C(=O)Nc2cccc(S[C@H]3CC(=O)N(c4ccc(Br)cc4)C3=O)c2)c(OC)c1OC. The van der Waals surface area contributed by atoms with Crippen LogP contribution in [0.1, 0.15) is 22.3 Å². The molecule has 0 saturated carbocycles. The number of carbonyl (C=O) groups is 4. The Morgan fingerprint density at radius 1 is 0.872 bits per heavy atom. The van der Waals surface area contributed by atoms with Crippen LogP contribution < -0.4 is 29.7 Å². The van der Waals surface area contributed by atoms with Crippen LogP contribution in [-0.4, -0.2) is 50.2 Å². The molecule has 1 heterocycles. The number of methoxy groups -OCH3 is 3. The second-order valence-corrected chi connectivity index (χ2v) is 12.3. The van der Waals surface area contributed by atoms with Gasteiger partial charge in [0.15, 0.2) is 11.5 Å². The van der Waals surface area contributed by atoms with Crippen LogP contribution in [0.2, 0.25) is 0 Å². The third kappa shape index (κ3) is 7.67. The normalized spacial score (nSPS) is 14.5. The zero-order valence-electron chi connectivity index (χ0n) is 25.6. The fourth-order valence-electron chi connectivity index (χ4n) is 4.90. The summed E-state index contributed by atoms with van der Waals surface area (Å²) in [6.07, 6.45) is 1.52. The van der Waals surface area contributed by atoms with Gasteiger partial charge in [0.25, 0.3) is 11.8 Å². The summed E-state index contributed by atoms with van der Waals surface area (Å²) >= 11 is 4.61. The van der Waals surface area contributed by atoms with Gasteiger partial charge in [-0.05, 0) is 72.8 Å². The van der Waals surface area contributed by atoms with Gasteiger partial charge in [-0.25, -0.2) is 4.90 Å². The summed E-state index contributed by atoms with van der Waals surface area (Å²) in [6.45, 7) is 0. The minimum atomic E-state index is -0.629. The van der Waals surface area contributed by atoms with Gasteiger partial charge in [-0.1, -0.05) is 40.2 Å². The molecule has 2 N–H and O–H groups in total. The highest BCUT2D eigenvalue weighted by atomic mass is 79.9. The molecule has 1 saturated heterocycles. The first-order chi connectivity index (χ1) is 22.7. The highest BCUT2D eigenvalue weighted by Crippen LogP contribution is 2.41. The van der Waals surface area contributed by atoms with Crippen molar-refractivity contribution < 1.29 is 33.4 Å². The number of anilines is 2. The van der Waals surface area contributed by atoms with E-state index >= 15 is 0 Å². The van der Waals surface area contributed by atoms with E-state index in [0.29, 0.717) is 44.6 Å². The minimum Gasteiger partial charge on any atom is -0.493 e. The van der Waals surface area contributed by atoms with Crippen LogP contribution in [0, 0.1) is 0 Å². The van der Waals surface area contributed by atoms with Crippen molar-refractivity contribution in [1.82, 2.24) is 5.32 Å². The van der Waals surface area contributed by atoms with E-state index in [1.807, 2.05) is 0 Å². The summed E-state index contributed by atoms with van der Waals surface area (Å²) in [6, 6.07) is 25.7. The number of halogens is 1. The summed E-state index contributed by atoms with van der Waals surface area (Å²) < 4.78 is 17.3. The van der Waals surface area contributed by atoms with Crippen LogP contribution in [-0.2, 0) is 14.4 Å². The molecule has 4 aromatic rings. The molecule has 1 aliphatic heterocycles. The van der Waals surface area contributed by atoms with Crippen LogP contribution in [0.25, 0.3) is 6.08 Å². The van der Waals surface area contributed by atoms with Crippen LogP contribution in [0.4, 0.5) is 11.4 Å². The van der Waals surface area contributed by atoms with Gasteiger partial charge in [0.2, 0.25) is 17.6 Å². The van der Waals surface area contributed by atoms with Gasteiger partial charge in [0, 0.05) is 32.6 Å². The Morgan fingerprint density at radius 3 is 2.28 bits per heavy atom. The third-order valence-corrected chi connectivity index (χ3v) is 8.83. The number of ether oxygens (including phenoxy) is 3. The lowest BCUT2D eigenvalue weighted by Crippen LogP contribution is -2.31. The predicted molar refractivity (Wildman–Crippen MR) is 184 cm³/mol. The van der Waals surface area contributed by atoms with Gasteiger partial charge in [0.05, 0.1) is 32.3 Å². The molecule has 0 bridgehead atoms. The molecule has 12 heteroatoms. The van der Waals surface area contributed by atoms with Crippen LogP contribution in [0.3, 0.4) is 0 Å². The van der Waals surface area contributed by atoms with Crippen molar-refractivity contribution in [3.63, 3.8) is 0 Å². The molecule has 1 aliphatic rings. The number of thioether (sulfide) groups is 1. The number of hydrogen-bond acceptors (Lipinski definition) is 8. The Balaban J connectivity index is 1.39. The summed E-state index contributed by atoms with van der Waals surface area (Å²) in [5, 5.41) is 4.92. The number of nitrogens with zero attached hydrogens (tertiary/aromatic N) is 1. The molecule has 4 amide bonds. The van der Waals surface area contributed by atoms with Crippen molar-refractivity contribution in [2.45, 2.75) is 16.6 Å². The van der Waals surface area contributed by atoms with Crippen LogP contribution >= 0.6 is 27.7 Å². The number of rotatable bonds is 11. The molecule has 0 aromatic heterocycles. The quantitative estimate of drug-likeness (QED) is 0.137. The van der Waals surface area contributed by atoms with Crippen molar-refractivity contribution in [2.24, 2.45) is 0 Å². The highest BCUT2D eigenvalue weighted by Gasteiger charge is 2.40. The molecule has 240 valence electrons. The maximum Gasteiger partial charge on any atom is 0.272 e. The second-order valence-electron chi connectivity index (χ2n) is 10.1. The van der Waals surface area contributed by atoms with Gasteiger partial charge in [-0.15, -0.1) is 11.8 Å². The lowest BCUT2D eigenvalue weighted by Gasteiger charge is -2.16. The molecule has 0 spiro atoms. The molecule has 0 unspecified atom stereocenters. The first kappa shape index (κ1) is 33.3. The van der Waals surface area contributed by atoms with E-state index in [1.165, 1.54) is 44.1 Å². The van der Waals surface area contributed by atoms with E-state index in [4.69, 9.17) is 14.2 Å². The first-order valence-corrected chi connectivity index (χ1v) is 16.0. The van der Waals surface area contributed by atoms with Gasteiger partial charge in [-0.3, -0.25) is 19.2 Å². The molecule has 1 fully saturated rings. The van der Waals surface area contributed by atoms with Crippen molar-refractivity contribution in [2.75, 3.05) is 31.5 Å². The Labute approximate surface area is 284 Å². The first-order valence-electron chi connectivity index (χ1n) is 14.3. The number of carbonyl (C=O) groups excluding carboxylic acids is 4. The van der Waals surface area contributed by atoms with E-state index in [0.717, 1.165) is 4.47 Å². The lowest BCUT2D eigenvalue weighted by molar-refractivity contribution is -0.121. The monoisotopic (exact) mass is 715 g/mol. The summed E-state index contributed by atoms with van der Waals surface area (Å²) in [7, 11) is 4.43. The maximum atomic E-state index is 13.7. The van der Waals surface area contributed by atoms with Crippen molar-refractivity contribution in [1.29, 1.82) is 0 Å². The fourth-order valence-corrected chi connectivity index (χ4v) is 6.28. The second kappa shape index (κ2) is 15.0. The third-order valence-electron chi connectivity index (χ3n) is 7.12. The molecular weight excluding hydrogens is 686 g/mol. The number of hydrogen-bond donors (Lipinski definition) is 2. The molecule has 10 nitrogen and oxygen atoms in total. The average Bonchev–Trinajstić information content (AvgIpc) is 3.36. The van der Waals surface area contributed by atoms with Crippen LogP contribution in [0.15, 0.2) is 106 Å². The van der Waals surface area contributed by atoms with Gasteiger partial charge in [-0.2, -0.15) is 0 Å². The predicted octanol–water partition coefficient (Wildman–Crippen LogP) is 6.31. The van der Waals surface area contributed by atoms with E-state index in [1.54, 1.807) is 91.0 Å². The lowest BCUT2D eigenvalue weighted by atomic mass is 10.1. The van der Waals surface area contributed by atoms with E-state index < -0.39 is 17.1 Å². The van der Waals surface area contributed by atoms with Crippen molar-refractivity contribution in [3.05, 3.63) is 112 Å². The molecule has 5 rings (SSSR count). The maximum absolute atomic E-state index is 13.7. The smallest absolute Gasteiger partial charge is 0.272 e. The molecule has 47 heavy (non-hydrogen) atoms. The van der Waals surface area contributed by atoms with Crippen molar-refractivity contribution in [3.8, 4) is 17.2 Å². The number of nitrogens with one attached hydrogen (secondary N) is 2. The summed E-state index contributed by atoms with van der Waals surface area (Å²) in [5.41, 5.74) is 1.67. The van der Waals surface area contributed by atoms with E-state index in [-0.39, 0.29) is 23.9 Å². The summed E-state index contributed by atoms with van der Waals surface area (Å²) in [5.74, 6) is -0.642. The average molecular weight is 717 g/mol. The van der Waals surface area contributed by atoms with Gasteiger partial charge in [0.1, 0.15) is 5.70 Å². The zero-order chi connectivity index (χ0) is 33.5. The number of amides is 4. The number of imide groups is 1. The number of benzene rings is 4. The molecule has 1 atom stereocenters. The van der Waals surface area contributed by atoms with Gasteiger partial charge < -0.3 is 24.8 Å². The fraction of sp³-hybridized carbons (Fsp3) is 0.143. The molecule has 0 radical (unpaired) electrons. The Hall–Kier alpha value is -5.07. The highest BCUT2D eigenvalue weighted by molar-refractivity contribution is 9.10. The van der Waals surface area contributed by atoms with E-state index in [9.17, 15) is 19.2 Å². The Morgan fingerprint density at radius 2 is 1.60 bits per heavy atom. The zero-order valence-corrected chi connectivity index (χ0v) is 28.0. The minimum absolute atomic E-state index is 0.0434. The standard InChI is InChI=1S/C35H30BrN3O7S/c1-44-28-17-12-22(31(45-2)32(28)46-3)18-27(38-33(41)21-8-5-4-6-9-21)34(42)37-24-10-7-11-26(19-24)47-29-20-30(40)39(35(29)43)25-15-13-23(36)14-16-25/h4-19,29H,20H2,1-3H3,(H,37,42)(H,38,41)/b27-18+/t29-/m0/s1. The van der Waals surface area contributed by atoms with Crippen molar-refractivity contribution >= 4 is 68.8 Å². The molecule has 4 aromatic carbocycles. The Bertz CT molecular complexity index is 1850. The largest absolute Gasteiger partial charge is 0.493 e. The van der Waals surface area contributed by atoms with E-state index in [2.05, 4.69) is 26.6 Å². The Kier molecular flexibility index (Phi) is 10.6. The van der Waals surface area contributed by atoms with Gasteiger partial charge >= 0.3 is 0 Å². The van der Waals surface area contributed by atoms with Crippen LogP contribution in [0.5, 0.6) is 17.2 Å². The topological polar surface area (TPSA) is 123 Å².